The summed E-state index contributed by atoms with van der Waals surface area (Å²) in [7, 11) is 0. The molecular weight excluding hydrogens is 348 g/mol. The number of hydrogen-bond acceptors (Lipinski definition) is 4. The minimum Gasteiger partial charge on any atom is -0.372 e. The fourth-order valence-electron chi connectivity index (χ4n) is 4.11. The van der Waals surface area contributed by atoms with E-state index in [0.717, 1.165) is 45.0 Å². The Bertz CT molecular complexity index is 748. The number of anilines is 3. The lowest BCUT2D eigenvalue weighted by Gasteiger charge is -2.35. The number of nitrogens with one attached hydrogen (secondary N) is 1. The van der Waals surface area contributed by atoms with Gasteiger partial charge in [0.15, 0.2) is 0 Å². The number of amides is 1. The second kappa shape index (κ2) is 9.11. The zero-order valence-corrected chi connectivity index (χ0v) is 16.5. The van der Waals surface area contributed by atoms with Crippen molar-refractivity contribution >= 4 is 23.0 Å². The number of piperidine rings is 1. The quantitative estimate of drug-likeness (QED) is 0.865. The average molecular weight is 379 g/mol. The third-order valence-corrected chi connectivity index (χ3v) is 5.73. The topological polar surface area (TPSA) is 38.8 Å². The van der Waals surface area contributed by atoms with Gasteiger partial charge in [0.2, 0.25) is 5.91 Å². The van der Waals surface area contributed by atoms with E-state index >= 15 is 0 Å². The van der Waals surface area contributed by atoms with Gasteiger partial charge >= 0.3 is 0 Å². The lowest BCUT2D eigenvalue weighted by molar-refractivity contribution is -0.117. The molecule has 148 valence electrons. The van der Waals surface area contributed by atoms with Crippen LogP contribution in [0.15, 0.2) is 54.6 Å². The molecule has 2 aliphatic heterocycles. The summed E-state index contributed by atoms with van der Waals surface area (Å²) in [5.41, 5.74) is 3.41. The van der Waals surface area contributed by atoms with Crippen LogP contribution < -0.4 is 15.1 Å². The van der Waals surface area contributed by atoms with E-state index in [4.69, 9.17) is 0 Å². The Morgan fingerprint density at radius 1 is 0.714 bits per heavy atom. The van der Waals surface area contributed by atoms with Gasteiger partial charge in [-0.05, 0) is 55.7 Å². The van der Waals surface area contributed by atoms with Crippen molar-refractivity contribution in [3.8, 4) is 0 Å². The minimum atomic E-state index is 0.0684. The fourth-order valence-corrected chi connectivity index (χ4v) is 4.11. The van der Waals surface area contributed by atoms with Crippen LogP contribution in [0, 0.1) is 0 Å². The molecule has 1 N–H and O–H groups in total. The summed E-state index contributed by atoms with van der Waals surface area (Å²) >= 11 is 0. The van der Waals surface area contributed by atoms with Gasteiger partial charge in [-0.2, -0.15) is 0 Å². The van der Waals surface area contributed by atoms with Gasteiger partial charge in [-0.15, -0.1) is 0 Å². The van der Waals surface area contributed by atoms with E-state index in [-0.39, 0.29) is 5.91 Å². The average Bonchev–Trinajstić information content (AvgIpc) is 2.76. The monoisotopic (exact) mass is 378 g/mol. The third-order valence-electron chi connectivity index (χ3n) is 5.73. The van der Waals surface area contributed by atoms with Crippen LogP contribution in [0.3, 0.4) is 0 Å². The van der Waals surface area contributed by atoms with Crippen LogP contribution in [0.5, 0.6) is 0 Å². The van der Waals surface area contributed by atoms with Crippen molar-refractivity contribution in [2.45, 2.75) is 19.3 Å². The number of para-hydroxylation sites is 1. The Labute approximate surface area is 167 Å². The molecule has 0 saturated carbocycles. The van der Waals surface area contributed by atoms with Crippen LogP contribution >= 0.6 is 0 Å². The molecule has 2 saturated heterocycles. The molecule has 28 heavy (non-hydrogen) atoms. The number of hydrogen-bond donors (Lipinski definition) is 1. The predicted molar refractivity (Wildman–Crippen MR) is 116 cm³/mol. The van der Waals surface area contributed by atoms with Crippen molar-refractivity contribution in [3.05, 3.63) is 54.6 Å². The summed E-state index contributed by atoms with van der Waals surface area (Å²) in [5.74, 6) is 0.0684. The van der Waals surface area contributed by atoms with Crippen LogP contribution in [0.25, 0.3) is 0 Å². The first-order valence-corrected chi connectivity index (χ1v) is 10.5. The molecular formula is C23H30N4O. The van der Waals surface area contributed by atoms with Gasteiger partial charge in [-0.25, -0.2) is 0 Å². The van der Waals surface area contributed by atoms with Gasteiger partial charge in [0.25, 0.3) is 0 Å². The van der Waals surface area contributed by atoms with E-state index in [1.807, 2.05) is 18.2 Å². The van der Waals surface area contributed by atoms with Gasteiger partial charge in [-0.1, -0.05) is 18.2 Å². The largest absolute Gasteiger partial charge is 0.372 e. The van der Waals surface area contributed by atoms with Crippen LogP contribution in [0.2, 0.25) is 0 Å². The van der Waals surface area contributed by atoms with E-state index in [0.29, 0.717) is 6.54 Å². The molecule has 2 aromatic rings. The molecule has 2 fully saturated rings. The van der Waals surface area contributed by atoms with Gasteiger partial charge in [-0.3, -0.25) is 9.69 Å². The van der Waals surface area contributed by atoms with Crippen LogP contribution in [0.1, 0.15) is 19.3 Å². The first-order chi connectivity index (χ1) is 13.8. The standard InChI is InChI=1S/C23H30N4O/c28-23(19-25-15-17-27(18-16-25)21-7-3-1-4-8-21)24-20-9-11-22(12-10-20)26-13-5-2-6-14-26/h1,3-4,7-12H,2,5-6,13-19H2,(H,24,28). The van der Waals surface area contributed by atoms with Crippen LogP contribution in [-0.2, 0) is 4.79 Å². The number of carbonyl (C=O) groups excluding carboxylic acids is 1. The van der Waals surface area contributed by atoms with Crippen LogP contribution in [0.4, 0.5) is 17.1 Å². The fraction of sp³-hybridized carbons (Fsp3) is 0.435. The molecule has 2 heterocycles. The van der Waals surface area contributed by atoms with Crippen molar-refractivity contribution in [2.75, 3.05) is 60.9 Å². The minimum absolute atomic E-state index is 0.0684. The summed E-state index contributed by atoms with van der Waals surface area (Å²) in [5, 5.41) is 3.05. The summed E-state index contributed by atoms with van der Waals surface area (Å²) in [6.07, 6.45) is 3.89. The highest BCUT2D eigenvalue weighted by molar-refractivity contribution is 5.92. The molecule has 0 unspecified atom stereocenters. The molecule has 0 spiro atoms. The summed E-state index contributed by atoms with van der Waals surface area (Å²) in [6, 6.07) is 18.8. The van der Waals surface area contributed by atoms with E-state index in [9.17, 15) is 4.79 Å². The molecule has 0 radical (unpaired) electrons. The van der Waals surface area contributed by atoms with Crippen molar-refractivity contribution in [3.63, 3.8) is 0 Å². The molecule has 0 bridgehead atoms. The predicted octanol–water partition coefficient (Wildman–Crippen LogP) is 3.44. The second-order valence-corrected chi connectivity index (χ2v) is 7.74. The first kappa shape index (κ1) is 18.8. The number of rotatable bonds is 5. The summed E-state index contributed by atoms with van der Waals surface area (Å²) in [4.78, 5) is 19.5. The number of carbonyl (C=O) groups is 1. The SMILES string of the molecule is O=C(CN1CCN(c2ccccc2)CC1)Nc1ccc(N2CCCCC2)cc1. The van der Waals surface area contributed by atoms with Gasteiger partial charge < -0.3 is 15.1 Å². The maximum Gasteiger partial charge on any atom is 0.238 e. The Hall–Kier alpha value is -2.53. The van der Waals surface area contributed by atoms with Crippen molar-refractivity contribution in [2.24, 2.45) is 0 Å². The summed E-state index contributed by atoms with van der Waals surface area (Å²) < 4.78 is 0. The maximum absolute atomic E-state index is 12.4. The highest BCUT2D eigenvalue weighted by atomic mass is 16.2. The molecule has 5 heteroatoms. The van der Waals surface area contributed by atoms with Crippen molar-refractivity contribution in [1.82, 2.24) is 4.90 Å². The molecule has 5 nitrogen and oxygen atoms in total. The molecule has 1 amide bonds. The highest BCUT2D eigenvalue weighted by Crippen LogP contribution is 2.22. The zero-order valence-electron chi connectivity index (χ0n) is 16.5. The molecule has 0 aliphatic carbocycles. The van der Waals surface area contributed by atoms with E-state index in [1.54, 1.807) is 0 Å². The van der Waals surface area contributed by atoms with Crippen molar-refractivity contribution < 1.29 is 4.79 Å². The highest BCUT2D eigenvalue weighted by Gasteiger charge is 2.19. The Morgan fingerprint density at radius 2 is 1.32 bits per heavy atom. The summed E-state index contributed by atoms with van der Waals surface area (Å²) in [6.45, 7) is 6.48. The lowest BCUT2D eigenvalue weighted by atomic mass is 10.1. The number of nitrogens with zero attached hydrogens (tertiary/aromatic N) is 3. The normalized spacial score (nSPS) is 18.1. The molecule has 2 aromatic carbocycles. The Morgan fingerprint density at radius 3 is 2.00 bits per heavy atom. The van der Waals surface area contributed by atoms with Crippen LogP contribution in [-0.4, -0.2) is 56.6 Å². The van der Waals surface area contributed by atoms with E-state index < -0.39 is 0 Å². The van der Waals surface area contributed by atoms with Gasteiger partial charge in [0.1, 0.15) is 0 Å². The molecule has 0 aromatic heterocycles. The maximum atomic E-state index is 12.4. The molecule has 2 aliphatic rings. The Balaban J connectivity index is 1.23. The van der Waals surface area contributed by atoms with Gasteiger partial charge in [0, 0.05) is 56.3 Å². The smallest absolute Gasteiger partial charge is 0.238 e. The third kappa shape index (κ3) is 4.84. The first-order valence-electron chi connectivity index (χ1n) is 10.5. The number of benzene rings is 2. The lowest BCUT2D eigenvalue weighted by Crippen LogP contribution is -2.48. The second-order valence-electron chi connectivity index (χ2n) is 7.74. The van der Waals surface area contributed by atoms with Crippen molar-refractivity contribution in [1.29, 1.82) is 0 Å². The number of piperazine rings is 1. The molecule has 0 atom stereocenters. The molecule has 4 rings (SSSR count). The Kier molecular flexibility index (Phi) is 6.12. The van der Waals surface area contributed by atoms with E-state index in [2.05, 4.69) is 56.4 Å². The van der Waals surface area contributed by atoms with E-state index in [1.165, 1.54) is 30.6 Å². The zero-order chi connectivity index (χ0) is 19.2. The van der Waals surface area contributed by atoms with Gasteiger partial charge in [0.05, 0.1) is 6.54 Å².